The molecule has 1 aromatic carbocycles. The van der Waals surface area contributed by atoms with Crippen molar-refractivity contribution in [3.63, 3.8) is 0 Å². The predicted molar refractivity (Wildman–Crippen MR) is 110 cm³/mol. The van der Waals surface area contributed by atoms with Crippen molar-refractivity contribution in [1.29, 1.82) is 0 Å². The molecule has 1 aliphatic heterocycles. The number of carbonyl (C=O) groups excluding carboxylic acids is 1. The highest BCUT2D eigenvalue weighted by molar-refractivity contribution is 7.91. The summed E-state index contributed by atoms with van der Waals surface area (Å²) in [6.07, 6.45) is 0.752. The molecule has 9 heteroatoms. The lowest BCUT2D eigenvalue weighted by atomic mass is 10.1. The van der Waals surface area contributed by atoms with Crippen molar-refractivity contribution in [3.8, 4) is 11.5 Å². The van der Waals surface area contributed by atoms with Crippen LogP contribution in [0.25, 0.3) is 0 Å². The Labute approximate surface area is 175 Å². The number of morpholine rings is 1. The van der Waals surface area contributed by atoms with Gasteiger partial charge in [0.15, 0.2) is 11.5 Å². The standard InChI is InChI=1S/C20H25NO6S2/c1-15(22)5-6-16-7-8-18(19(12-16)25-2)27-14-17-13-21(9-10-26-17)29(23,24)20-4-3-11-28-20/h3-4,7-8,11-12,17H,5-6,9-10,13-14H2,1-2H3. The van der Waals surface area contributed by atoms with Gasteiger partial charge in [-0.15, -0.1) is 11.3 Å². The third kappa shape index (κ3) is 5.57. The zero-order valence-corrected chi connectivity index (χ0v) is 18.1. The molecule has 0 amide bonds. The molecule has 0 spiro atoms. The molecule has 7 nitrogen and oxygen atoms in total. The quantitative estimate of drug-likeness (QED) is 0.598. The fraction of sp³-hybridized carbons (Fsp3) is 0.450. The maximum atomic E-state index is 12.7. The number of Topliss-reactive ketones (excluding diaryl/α,β-unsaturated/α-hetero) is 1. The van der Waals surface area contributed by atoms with E-state index in [0.29, 0.717) is 41.7 Å². The maximum absolute atomic E-state index is 12.7. The average Bonchev–Trinajstić information content (AvgIpc) is 3.27. The number of aryl methyl sites for hydroxylation is 1. The van der Waals surface area contributed by atoms with Crippen LogP contribution in [0.4, 0.5) is 0 Å². The van der Waals surface area contributed by atoms with Gasteiger partial charge in [0.25, 0.3) is 10.0 Å². The second-order valence-corrected chi connectivity index (χ2v) is 9.90. The van der Waals surface area contributed by atoms with E-state index in [4.69, 9.17) is 14.2 Å². The molecule has 1 aromatic heterocycles. The summed E-state index contributed by atoms with van der Waals surface area (Å²) < 4.78 is 44.2. The molecule has 0 saturated carbocycles. The van der Waals surface area contributed by atoms with Gasteiger partial charge in [-0.3, -0.25) is 0 Å². The Morgan fingerprint density at radius 2 is 2.14 bits per heavy atom. The first-order valence-corrected chi connectivity index (χ1v) is 11.7. The molecule has 1 saturated heterocycles. The summed E-state index contributed by atoms with van der Waals surface area (Å²) in [5, 5.41) is 1.75. The summed E-state index contributed by atoms with van der Waals surface area (Å²) in [5.41, 5.74) is 0.992. The number of ether oxygens (including phenoxy) is 3. The van der Waals surface area contributed by atoms with Crippen LogP contribution in [0.5, 0.6) is 11.5 Å². The zero-order chi connectivity index (χ0) is 20.9. The van der Waals surface area contributed by atoms with Gasteiger partial charge in [0.2, 0.25) is 0 Å². The van der Waals surface area contributed by atoms with Crippen LogP contribution in [0.3, 0.4) is 0 Å². The second-order valence-electron chi connectivity index (χ2n) is 6.79. The lowest BCUT2D eigenvalue weighted by Crippen LogP contribution is -2.47. The van der Waals surface area contributed by atoms with E-state index < -0.39 is 10.0 Å². The predicted octanol–water partition coefficient (Wildman–Crippen LogP) is 2.75. The number of ketones is 1. The molecule has 29 heavy (non-hydrogen) atoms. The van der Waals surface area contributed by atoms with Crippen LogP contribution in [0.1, 0.15) is 18.9 Å². The molecule has 1 unspecified atom stereocenters. The second kappa shape index (κ2) is 9.71. The van der Waals surface area contributed by atoms with Crippen LogP contribution in [0.2, 0.25) is 0 Å². The number of hydrogen-bond donors (Lipinski definition) is 0. The molecular formula is C20H25NO6S2. The highest BCUT2D eigenvalue weighted by Gasteiger charge is 2.31. The van der Waals surface area contributed by atoms with Crippen LogP contribution < -0.4 is 9.47 Å². The summed E-state index contributed by atoms with van der Waals surface area (Å²) >= 11 is 1.21. The molecular weight excluding hydrogens is 414 g/mol. The fourth-order valence-corrected chi connectivity index (χ4v) is 5.64. The molecule has 0 aliphatic carbocycles. The minimum atomic E-state index is -3.50. The normalized spacial score (nSPS) is 17.8. The third-order valence-electron chi connectivity index (χ3n) is 4.61. The highest BCUT2D eigenvalue weighted by atomic mass is 32.2. The first kappa shape index (κ1) is 21.8. The lowest BCUT2D eigenvalue weighted by Gasteiger charge is -2.31. The van der Waals surface area contributed by atoms with Crippen molar-refractivity contribution < 1.29 is 27.4 Å². The summed E-state index contributed by atoms with van der Waals surface area (Å²) in [6, 6.07) is 8.89. The average molecular weight is 440 g/mol. The number of hydrogen-bond acceptors (Lipinski definition) is 7. The monoisotopic (exact) mass is 439 g/mol. The van der Waals surface area contributed by atoms with Gasteiger partial charge in [0.1, 0.15) is 22.7 Å². The van der Waals surface area contributed by atoms with Gasteiger partial charge in [-0.1, -0.05) is 12.1 Å². The molecule has 0 bridgehead atoms. The Balaban J connectivity index is 1.61. The van der Waals surface area contributed by atoms with Crippen molar-refractivity contribution in [2.75, 3.05) is 33.4 Å². The van der Waals surface area contributed by atoms with E-state index in [0.717, 1.165) is 5.56 Å². The molecule has 0 N–H and O–H groups in total. The lowest BCUT2D eigenvalue weighted by molar-refractivity contribution is -0.116. The van der Waals surface area contributed by atoms with Crippen molar-refractivity contribution in [2.45, 2.75) is 30.1 Å². The van der Waals surface area contributed by atoms with Crippen LogP contribution in [0, 0.1) is 0 Å². The summed E-state index contributed by atoms with van der Waals surface area (Å²) in [7, 11) is -1.94. The minimum Gasteiger partial charge on any atom is -0.493 e. The van der Waals surface area contributed by atoms with Crippen LogP contribution in [-0.4, -0.2) is 58.0 Å². The highest BCUT2D eigenvalue weighted by Crippen LogP contribution is 2.29. The van der Waals surface area contributed by atoms with E-state index in [9.17, 15) is 13.2 Å². The topological polar surface area (TPSA) is 82.1 Å². The van der Waals surface area contributed by atoms with Crippen molar-refractivity contribution in [3.05, 3.63) is 41.3 Å². The summed E-state index contributed by atoms with van der Waals surface area (Å²) in [6.45, 7) is 2.66. The van der Waals surface area contributed by atoms with E-state index in [1.54, 1.807) is 37.6 Å². The van der Waals surface area contributed by atoms with E-state index in [1.165, 1.54) is 15.6 Å². The van der Waals surface area contributed by atoms with Gasteiger partial charge >= 0.3 is 0 Å². The van der Waals surface area contributed by atoms with Gasteiger partial charge in [-0.25, -0.2) is 8.42 Å². The molecule has 0 radical (unpaired) electrons. The Hall–Kier alpha value is -1.94. The van der Waals surface area contributed by atoms with E-state index in [2.05, 4.69) is 0 Å². The Bertz CT molecular complexity index is 926. The number of nitrogens with zero attached hydrogens (tertiary/aromatic N) is 1. The summed E-state index contributed by atoms with van der Waals surface area (Å²) in [5.74, 6) is 1.27. The van der Waals surface area contributed by atoms with E-state index >= 15 is 0 Å². The van der Waals surface area contributed by atoms with Crippen LogP contribution >= 0.6 is 11.3 Å². The van der Waals surface area contributed by atoms with E-state index in [1.807, 2.05) is 12.1 Å². The number of carbonyl (C=O) groups is 1. The Kier molecular flexibility index (Phi) is 7.28. The van der Waals surface area contributed by atoms with Gasteiger partial charge in [-0.05, 0) is 42.5 Å². The zero-order valence-electron chi connectivity index (χ0n) is 16.5. The number of sulfonamides is 1. The molecule has 2 heterocycles. The number of methoxy groups -OCH3 is 1. The van der Waals surface area contributed by atoms with Gasteiger partial charge < -0.3 is 19.0 Å². The van der Waals surface area contributed by atoms with Crippen molar-refractivity contribution in [2.24, 2.45) is 0 Å². The SMILES string of the molecule is COc1cc(CCC(C)=O)ccc1OCC1CN(S(=O)(=O)c2cccs2)CCO1. The minimum absolute atomic E-state index is 0.140. The maximum Gasteiger partial charge on any atom is 0.252 e. The van der Waals surface area contributed by atoms with Crippen molar-refractivity contribution in [1.82, 2.24) is 4.31 Å². The van der Waals surface area contributed by atoms with Crippen LogP contribution in [-0.2, 0) is 26.0 Å². The van der Waals surface area contributed by atoms with Gasteiger partial charge in [-0.2, -0.15) is 4.31 Å². The summed E-state index contributed by atoms with van der Waals surface area (Å²) in [4.78, 5) is 11.2. The number of rotatable bonds is 9. The number of thiophene rings is 1. The molecule has 1 fully saturated rings. The van der Waals surface area contributed by atoms with Crippen LogP contribution in [0.15, 0.2) is 39.9 Å². The molecule has 158 valence electrons. The van der Waals surface area contributed by atoms with E-state index in [-0.39, 0.29) is 25.0 Å². The first-order valence-electron chi connectivity index (χ1n) is 9.34. The first-order chi connectivity index (χ1) is 13.9. The fourth-order valence-electron chi connectivity index (χ4n) is 3.04. The number of benzene rings is 1. The molecule has 2 aromatic rings. The Morgan fingerprint density at radius 1 is 1.31 bits per heavy atom. The molecule has 1 atom stereocenters. The molecule has 1 aliphatic rings. The van der Waals surface area contributed by atoms with Gasteiger partial charge in [0.05, 0.1) is 13.7 Å². The van der Waals surface area contributed by atoms with Gasteiger partial charge in [0, 0.05) is 19.5 Å². The Morgan fingerprint density at radius 3 is 2.83 bits per heavy atom. The molecule has 3 rings (SSSR count). The third-order valence-corrected chi connectivity index (χ3v) is 7.85. The smallest absolute Gasteiger partial charge is 0.252 e. The van der Waals surface area contributed by atoms with Crippen molar-refractivity contribution >= 4 is 27.1 Å². The largest absolute Gasteiger partial charge is 0.493 e.